The Morgan fingerprint density at radius 1 is 0.450 bits per heavy atom. The largest absolute Gasteiger partial charge is 0.365 e. The third kappa shape index (κ3) is 26.0. The van der Waals surface area contributed by atoms with Crippen molar-refractivity contribution in [3.8, 4) is 22.3 Å². The second-order valence-electron chi connectivity index (χ2n) is 26.5. The average molecular weight is 1870 g/mol. The number of hydrogen-bond donors (Lipinski definition) is 7. The summed E-state index contributed by atoms with van der Waals surface area (Å²) < 4.78 is 4.18. The Labute approximate surface area is 707 Å². The molecule has 19 nitrogen and oxygen atoms in total. The molecule has 10 aromatic heterocycles. The molecule has 29 heteroatoms. The Morgan fingerprint density at radius 3 is 1.37 bits per heavy atom. The number of H-pyrrole nitrogens is 4. The van der Waals surface area contributed by atoms with E-state index in [9.17, 15) is 0 Å². The zero-order valence-corrected chi connectivity index (χ0v) is 75.0. The van der Waals surface area contributed by atoms with E-state index < -0.39 is 0 Å². The Hall–Kier alpha value is -5.44. The minimum Gasteiger partial charge on any atom is -0.365 e. The highest BCUT2D eigenvalue weighted by atomic mass is 79.9. The molecule has 8 N–H and O–H groups in total. The zero-order chi connectivity index (χ0) is 78.7. The van der Waals surface area contributed by atoms with Crippen LogP contribution in [-0.4, -0.2) is 116 Å². The smallest absolute Gasteiger partial charge is 0.157 e. The number of rotatable bonds is 24. The maximum atomic E-state index is 6.53. The van der Waals surface area contributed by atoms with Crippen LogP contribution in [-0.2, 0) is 6.54 Å². The van der Waals surface area contributed by atoms with Gasteiger partial charge in [-0.1, -0.05) is 228 Å². The summed E-state index contributed by atoms with van der Waals surface area (Å²) >= 11 is 50.0. The fourth-order valence-electron chi connectivity index (χ4n) is 13.0. The van der Waals surface area contributed by atoms with E-state index in [4.69, 9.17) is 85.3 Å². The molecule has 109 heavy (non-hydrogen) atoms. The summed E-state index contributed by atoms with van der Waals surface area (Å²) in [6.45, 7) is 29.1. The highest BCUT2D eigenvalue weighted by Gasteiger charge is 2.30. The van der Waals surface area contributed by atoms with E-state index in [-0.39, 0.29) is 7.43 Å². The van der Waals surface area contributed by atoms with Gasteiger partial charge in [0.05, 0.1) is 24.5 Å². The van der Waals surface area contributed by atoms with Gasteiger partial charge in [0.2, 0.25) is 0 Å². The molecule has 11 heterocycles. The second-order valence-corrected chi connectivity index (χ2v) is 32.2. The summed E-state index contributed by atoms with van der Waals surface area (Å²) in [5, 5.41) is 12.8. The lowest BCUT2D eigenvalue weighted by atomic mass is 10.0. The molecule has 2 aromatic carbocycles. The predicted molar refractivity (Wildman–Crippen MR) is 481 cm³/mol. The Bertz CT molecular complexity index is 4760. The molecule has 13 rings (SSSR count). The molecule has 0 aliphatic carbocycles. The lowest BCUT2D eigenvalue weighted by Gasteiger charge is -2.36. The lowest BCUT2D eigenvalue weighted by Crippen LogP contribution is -2.41. The second kappa shape index (κ2) is 46.7. The molecule has 0 fully saturated rings. The van der Waals surface area contributed by atoms with Gasteiger partial charge in [0.1, 0.15) is 78.8 Å². The molecule has 592 valence electrons. The number of alkyl halides is 2. The van der Waals surface area contributed by atoms with Gasteiger partial charge in [-0.15, -0.1) is 0 Å². The monoisotopic (exact) mass is 1860 g/mol. The quantitative estimate of drug-likeness (QED) is 0.0220. The topological polar surface area (TPSA) is 250 Å². The van der Waals surface area contributed by atoms with Crippen LogP contribution in [0.2, 0.25) is 30.4 Å². The van der Waals surface area contributed by atoms with Gasteiger partial charge in [-0.3, -0.25) is 0 Å². The number of halogens is 10. The van der Waals surface area contributed by atoms with E-state index in [1.807, 2.05) is 77.3 Å². The maximum Gasteiger partial charge on any atom is 0.157 e. The van der Waals surface area contributed by atoms with Crippen LogP contribution >= 0.6 is 133 Å². The third-order valence-corrected chi connectivity index (χ3v) is 22.4. The van der Waals surface area contributed by atoms with Crippen molar-refractivity contribution in [2.24, 2.45) is 5.73 Å². The van der Waals surface area contributed by atoms with Gasteiger partial charge in [-0.2, -0.15) is 0 Å². The van der Waals surface area contributed by atoms with E-state index in [1.54, 1.807) is 24.5 Å². The number of fused-ring (bicyclic) bond motifs is 4. The van der Waals surface area contributed by atoms with Crippen molar-refractivity contribution >= 4 is 206 Å². The molecule has 0 saturated carbocycles. The average Bonchev–Trinajstić information content (AvgIpc) is 1.60. The minimum atomic E-state index is 0. The molecule has 0 bridgehead atoms. The predicted octanol–water partition coefficient (Wildman–Crippen LogP) is 26.5. The molecule has 12 aromatic rings. The van der Waals surface area contributed by atoms with E-state index in [2.05, 4.69) is 205 Å². The lowest BCUT2D eigenvalue weighted by molar-refractivity contribution is 0.479. The van der Waals surface area contributed by atoms with Crippen LogP contribution in [0.15, 0.2) is 82.4 Å². The molecule has 0 unspecified atom stereocenters. The van der Waals surface area contributed by atoms with Crippen LogP contribution in [0.5, 0.6) is 0 Å². The van der Waals surface area contributed by atoms with Gasteiger partial charge in [0.15, 0.2) is 27.8 Å². The van der Waals surface area contributed by atoms with E-state index in [0.29, 0.717) is 66.2 Å². The van der Waals surface area contributed by atoms with Crippen molar-refractivity contribution < 1.29 is 0 Å². The van der Waals surface area contributed by atoms with Gasteiger partial charge in [0.25, 0.3) is 0 Å². The van der Waals surface area contributed by atoms with Gasteiger partial charge >= 0.3 is 0 Å². The summed E-state index contributed by atoms with van der Waals surface area (Å²) in [6.07, 6.45) is 28.4. The molecule has 0 spiro atoms. The van der Waals surface area contributed by atoms with E-state index in [1.165, 1.54) is 77.0 Å². The van der Waals surface area contributed by atoms with Crippen LogP contribution in [0.3, 0.4) is 0 Å². The number of aryl methyl sites for hydroxylation is 5. The van der Waals surface area contributed by atoms with Crippen LogP contribution in [0.1, 0.15) is 195 Å². The Morgan fingerprint density at radius 2 is 0.872 bits per heavy atom. The van der Waals surface area contributed by atoms with E-state index in [0.717, 1.165) is 171 Å². The summed E-state index contributed by atoms with van der Waals surface area (Å²) in [5.41, 5.74) is 18.6. The number of nitrogens with one attached hydrogen (secondary N) is 6. The van der Waals surface area contributed by atoms with Crippen LogP contribution in [0.4, 0.5) is 17.5 Å². The molecule has 0 amide bonds. The SMILES string of the molecule is BrCCBr.C.CCCC(CCC)N1CCn2cc(-c3ccc(Cl)cc3Cl)c3nc(C)nc1c32.CCCC(CCC)Nc1nc(C)nc2c(-c3ccc(Cl)cc3Cl)c[nH]c12.CCCC(CCC)Nc1nc(C)nc2c(Br)c[nH]c12.CCCC(N)CCC.Cc1nc(Cl)c2[nH]cc(Br)c2n1.Cc1nc(Cl)c2[nH]ccc2n1. The van der Waals surface area contributed by atoms with Gasteiger partial charge in [-0.25, -0.2) is 49.8 Å². The number of hydrogen-bond acceptors (Lipinski definition) is 14. The number of benzene rings is 2. The van der Waals surface area contributed by atoms with Crippen LogP contribution in [0.25, 0.3) is 77.4 Å². The van der Waals surface area contributed by atoms with Crippen molar-refractivity contribution in [2.45, 2.75) is 231 Å². The molecule has 0 saturated heterocycles. The van der Waals surface area contributed by atoms with Crippen LogP contribution in [0, 0.1) is 34.6 Å². The maximum absolute atomic E-state index is 6.53. The summed E-state index contributed by atoms with van der Waals surface area (Å²) in [7, 11) is 0. The number of nitrogens with two attached hydrogens (primary N) is 1. The number of aromatic nitrogens is 15. The molecule has 1 aliphatic rings. The highest BCUT2D eigenvalue weighted by molar-refractivity contribution is 9.12. The Kier molecular flexibility index (Phi) is 39.6. The Balaban J connectivity index is 0.000000211. The van der Waals surface area contributed by atoms with Crippen LogP contribution < -0.4 is 21.3 Å². The molecule has 0 radical (unpaired) electrons. The molecular formula is C80H107Br4Cl6N19. The zero-order valence-electron chi connectivity index (χ0n) is 64.1. The molecule has 0 atom stereocenters. The first kappa shape index (κ1) is 92.4. The third-order valence-electron chi connectivity index (χ3n) is 17.7. The first-order chi connectivity index (χ1) is 51.9. The van der Waals surface area contributed by atoms with Gasteiger partial charge in [-0.05, 0) is 148 Å². The standard InChI is InChI=1S/C22H26Cl2N4.C20H24Cl2N4.C14H21BrN4.C7H5BrClN3.C7H6ClN3.C7H17N.C2H4Br2.CH4/c1-4-6-16(7-5-2)28-11-10-27-13-18(17-9-8-15(23)12-19(17)24)20-21(27)22(28)26-14(3)25-20;1-4-6-14(7-5-2)26-20-19-18(24-12(3)25-20)16(11-23-19)15-9-8-13(21)10-17(15)22;1-4-6-10(7-5-2)19-14-13-12(11(15)8-16-13)17-9(3)18-14;1-3-11-5-4(8)2-10-6(5)7(9)12-3;1-4-10-5-2-3-9-6(5)7(8)11-4;1-3-5-7(8)6-4-2;3-1-2-4;/h8-9,12-13,16H,4-7,10-11H2,1-3H3;8-11,14,23H,4-7H2,1-3H3,(H,24,25,26);8,10,16H,4-7H2,1-3H3,(H,17,18,19);2,10H,1H3;2-3,9H,1H3;7H,3-6,8H2,1-2H3;1-2H2;1H4. The first-order valence-electron chi connectivity index (χ1n) is 37.4. The van der Waals surface area contributed by atoms with Crippen molar-refractivity contribution in [2.75, 3.05) is 32.7 Å². The summed E-state index contributed by atoms with van der Waals surface area (Å²) in [6, 6.07) is 14.9. The number of aromatic amines is 4. The van der Waals surface area contributed by atoms with Crippen molar-refractivity contribution in [3.63, 3.8) is 0 Å². The molecular weight excluding hydrogens is 1760 g/mol. The summed E-state index contributed by atoms with van der Waals surface area (Å²) in [5.74, 6) is 6.53. The first-order valence-corrected chi connectivity index (χ1v) is 43.5. The van der Waals surface area contributed by atoms with Crippen molar-refractivity contribution in [1.29, 1.82) is 0 Å². The molecule has 1 aliphatic heterocycles. The number of anilines is 3. The van der Waals surface area contributed by atoms with Crippen molar-refractivity contribution in [1.82, 2.24) is 74.3 Å². The van der Waals surface area contributed by atoms with Gasteiger partial charge < -0.3 is 45.8 Å². The number of nitrogens with zero attached hydrogens (tertiary/aromatic N) is 12. The fraction of sp³-hybridized carbons (Fsp3) is 0.475. The highest BCUT2D eigenvalue weighted by Crippen LogP contribution is 2.42. The van der Waals surface area contributed by atoms with Gasteiger partial charge in [0, 0.05) is 111 Å². The minimum absolute atomic E-state index is 0. The summed E-state index contributed by atoms with van der Waals surface area (Å²) in [4.78, 5) is 59.4. The fourth-order valence-corrected chi connectivity index (χ4v) is 15.4. The van der Waals surface area contributed by atoms with E-state index >= 15 is 0 Å². The van der Waals surface area contributed by atoms with Crippen molar-refractivity contribution in [3.05, 3.63) is 142 Å². The normalized spacial score (nSPS) is 11.6.